The van der Waals surface area contributed by atoms with E-state index in [9.17, 15) is 0 Å². The Labute approximate surface area is 528 Å². The summed E-state index contributed by atoms with van der Waals surface area (Å²) < 4.78 is 2.54. The fourth-order valence-corrected chi connectivity index (χ4v) is 25.6. The molecule has 0 N–H and O–H groups in total. The van der Waals surface area contributed by atoms with Crippen molar-refractivity contribution in [2.75, 3.05) is 9.80 Å². The van der Waals surface area contributed by atoms with Crippen LogP contribution < -0.4 is 67.7 Å². The maximum Gasteiger partial charge on any atom is 0.252 e. The molecular formula is C84H60BN3Si2. The van der Waals surface area contributed by atoms with Crippen LogP contribution in [0.5, 0.6) is 0 Å². The first-order valence-corrected chi connectivity index (χ1v) is 35.3. The maximum atomic E-state index is 2.70. The molecule has 2 aliphatic heterocycles. The van der Waals surface area contributed by atoms with Gasteiger partial charge in [-0.3, -0.25) is 0 Å². The predicted octanol–water partition coefficient (Wildman–Crippen LogP) is 13.3. The van der Waals surface area contributed by atoms with E-state index in [4.69, 9.17) is 0 Å². The predicted molar refractivity (Wildman–Crippen MR) is 387 cm³/mol. The van der Waals surface area contributed by atoms with Crippen molar-refractivity contribution >= 4 is 137 Å². The van der Waals surface area contributed by atoms with Crippen LogP contribution in [0.2, 0.25) is 0 Å². The van der Waals surface area contributed by atoms with Crippen LogP contribution in [0.4, 0.5) is 34.1 Å². The monoisotopic (exact) mass is 1180 g/mol. The summed E-state index contributed by atoms with van der Waals surface area (Å²) in [4.78, 5) is 5.39. The van der Waals surface area contributed by atoms with E-state index < -0.39 is 16.1 Å². The zero-order chi connectivity index (χ0) is 59.6. The van der Waals surface area contributed by atoms with Crippen LogP contribution in [-0.4, -0.2) is 27.4 Å². The zero-order valence-electron chi connectivity index (χ0n) is 49.6. The SMILES string of the molecule is c1ccc(-c2cccc3c2B2c4ccccc4N(c4ccccc4[Si](c4ccccc4)(c4ccccc4)c4ccccc4)c4cc(-n5c6ccccc6c6ccccc65)cc(c42)N3c2ccccc2[Si](c2ccccc2)(c2ccccc2)c2ccccc2)cc1. The van der Waals surface area contributed by atoms with Gasteiger partial charge in [0.05, 0.1) is 16.7 Å². The van der Waals surface area contributed by atoms with Crippen LogP contribution in [-0.2, 0) is 0 Å². The smallest absolute Gasteiger partial charge is 0.252 e. The van der Waals surface area contributed by atoms with Gasteiger partial charge in [0.15, 0.2) is 16.1 Å². The minimum absolute atomic E-state index is 0.185. The molecule has 0 bridgehead atoms. The van der Waals surface area contributed by atoms with Crippen molar-refractivity contribution in [2.24, 2.45) is 0 Å². The van der Waals surface area contributed by atoms with Gasteiger partial charge in [0.1, 0.15) is 0 Å². The number of hydrogen-bond acceptors (Lipinski definition) is 2. The molecule has 3 heterocycles. The molecule has 17 rings (SSSR count). The number of benzene rings is 14. The second kappa shape index (κ2) is 22.0. The van der Waals surface area contributed by atoms with Gasteiger partial charge in [-0.2, -0.15) is 0 Å². The summed E-state index contributed by atoms with van der Waals surface area (Å²) in [6, 6.07) is 138. The first-order chi connectivity index (χ1) is 44.7. The molecule has 422 valence electrons. The van der Waals surface area contributed by atoms with Gasteiger partial charge in [-0.25, -0.2) is 0 Å². The van der Waals surface area contributed by atoms with Crippen LogP contribution in [0.1, 0.15) is 0 Å². The van der Waals surface area contributed by atoms with E-state index in [1.54, 1.807) is 0 Å². The number of aromatic nitrogens is 1. The fourth-order valence-electron chi connectivity index (χ4n) is 15.7. The van der Waals surface area contributed by atoms with Gasteiger partial charge in [-0.1, -0.05) is 315 Å². The van der Waals surface area contributed by atoms with Crippen molar-refractivity contribution in [3.63, 3.8) is 0 Å². The van der Waals surface area contributed by atoms with Crippen molar-refractivity contribution in [3.05, 3.63) is 364 Å². The lowest BCUT2D eigenvalue weighted by Gasteiger charge is -2.47. The summed E-state index contributed by atoms with van der Waals surface area (Å²) in [5, 5.41) is 13.0. The van der Waals surface area contributed by atoms with E-state index in [1.807, 2.05) is 0 Å². The zero-order valence-corrected chi connectivity index (χ0v) is 51.6. The highest BCUT2D eigenvalue weighted by Crippen LogP contribution is 2.47. The molecular weight excluding hydrogens is 1120 g/mol. The molecule has 0 saturated heterocycles. The number of rotatable bonds is 12. The van der Waals surface area contributed by atoms with Gasteiger partial charge < -0.3 is 14.4 Å². The van der Waals surface area contributed by atoms with E-state index in [2.05, 4.69) is 378 Å². The fraction of sp³-hybridized carbons (Fsp3) is 0. The number of anilines is 6. The number of fused-ring (bicyclic) bond motifs is 7. The van der Waals surface area contributed by atoms with Crippen LogP contribution in [0.15, 0.2) is 364 Å². The maximum absolute atomic E-state index is 3.21. The molecule has 2 aliphatic rings. The van der Waals surface area contributed by atoms with Gasteiger partial charge in [-0.15, -0.1) is 0 Å². The lowest BCUT2D eigenvalue weighted by atomic mass is 9.32. The molecule has 0 unspecified atom stereocenters. The van der Waals surface area contributed by atoms with Crippen molar-refractivity contribution in [1.29, 1.82) is 0 Å². The highest BCUT2D eigenvalue weighted by Gasteiger charge is 2.50. The molecule has 0 aliphatic carbocycles. The molecule has 90 heavy (non-hydrogen) atoms. The van der Waals surface area contributed by atoms with Gasteiger partial charge >= 0.3 is 0 Å². The van der Waals surface area contributed by atoms with Crippen LogP contribution in [0, 0.1) is 0 Å². The molecule has 15 aromatic rings. The Kier molecular flexibility index (Phi) is 13.0. The average Bonchev–Trinajstić information content (AvgIpc) is 0.699. The van der Waals surface area contributed by atoms with Crippen LogP contribution >= 0.6 is 0 Å². The molecule has 14 aromatic carbocycles. The lowest BCUT2D eigenvalue weighted by Crippen LogP contribution is -2.75. The quantitative estimate of drug-likeness (QED) is 0.0892. The summed E-state index contributed by atoms with van der Waals surface area (Å²) >= 11 is 0. The first kappa shape index (κ1) is 53.2. The summed E-state index contributed by atoms with van der Waals surface area (Å²) in [6.45, 7) is -0.185. The molecule has 0 saturated carbocycles. The summed E-state index contributed by atoms with van der Waals surface area (Å²) in [6.07, 6.45) is 0. The van der Waals surface area contributed by atoms with Crippen molar-refractivity contribution in [2.45, 2.75) is 0 Å². The van der Waals surface area contributed by atoms with E-state index in [0.717, 1.165) is 50.8 Å². The van der Waals surface area contributed by atoms with E-state index in [0.29, 0.717) is 0 Å². The minimum Gasteiger partial charge on any atom is -0.311 e. The highest BCUT2D eigenvalue weighted by molar-refractivity contribution is 7.21. The molecule has 0 amide bonds. The largest absolute Gasteiger partial charge is 0.311 e. The van der Waals surface area contributed by atoms with Gasteiger partial charge in [-0.05, 0) is 118 Å². The molecule has 6 heteroatoms. The summed E-state index contributed by atoms with van der Waals surface area (Å²) in [5.74, 6) is 0. The van der Waals surface area contributed by atoms with Gasteiger partial charge in [0.25, 0.3) is 6.71 Å². The van der Waals surface area contributed by atoms with E-state index >= 15 is 0 Å². The summed E-state index contributed by atoms with van der Waals surface area (Å²) in [5.41, 5.74) is 16.5. The topological polar surface area (TPSA) is 11.4 Å². The van der Waals surface area contributed by atoms with Crippen molar-refractivity contribution in [3.8, 4) is 16.8 Å². The van der Waals surface area contributed by atoms with Crippen LogP contribution in [0.25, 0.3) is 38.6 Å². The standard InChI is InChI=1S/C84H60BN3Si2/c1-8-33-61(34-9-1)69-49-32-56-78-83(69)85-72-50-24-27-53-75(72)87(76-54-28-30-57-81(76)89(63-35-10-2-11-36-63,64-37-12-3-13-38-64)65-39-14-4-15-40-65)79-59-62(86-73-51-25-22-47-70(73)71-48-23-26-52-74(71)86)60-80(84(79)85)88(78)77-55-29-31-58-82(77)90(66-41-16-5-17-42-66,67-43-18-6-19-44-67)68-45-20-7-21-46-68/h1-60H. The third-order valence-corrected chi connectivity index (χ3v) is 28.9. The average molecular weight is 1180 g/mol. The van der Waals surface area contributed by atoms with Gasteiger partial charge in [0, 0.05) is 44.9 Å². The van der Waals surface area contributed by atoms with E-state index in [1.165, 1.54) is 79.8 Å². The molecule has 1 aromatic heterocycles. The second-order valence-electron chi connectivity index (χ2n) is 23.8. The molecule has 0 spiro atoms. The number of para-hydroxylation sites is 5. The Morgan fingerprint density at radius 3 is 1.01 bits per heavy atom. The summed E-state index contributed by atoms with van der Waals surface area (Å²) in [7, 11) is -6.40. The Hall–Kier alpha value is -11.0. The van der Waals surface area contributed by atoms with Gasteiger partial charge in [0.2, 0.25) is 0 Å². The third kappa shape index (κ3) is 8.12. The van der Waals surface area contributed by atoms with Crippen LogP contribution in [0.3, 0.4) is 0 Å². The molecule has 0 fully saturated rings. The normalized spacial score (nSPS) is 12.6. The van der Waals surface area contributed by atoms with Crippen molar-refractivity contribution in [1.82, 2.24) is 4.57 Å². The Bertz CT molecular complexity index is 4880. The molecule has 0 atom stereocenters. The van der Waals surface area contributed by atoms with Crippen molar-refractivity contribution < 1.29 is 0 Å². The molecule has 0 radical (unpaired) electrons. The molecule has 3 nitrogen and oxygen atoms in total. The first-order valence-electron chi connectivity index (χ1n) is 31.3. The second-order valence-corrected chi connectivity index (χ2v) is 31.3. The Morgan fingerprint density at radius 1 is 0.244 bits per heavy atom. The van der Waals surface area contributed by atoms with E-state index in [-0.39, 0.29) is 6.71 Å². The Balaban J connectivity index is 1.05. The third-order valence-electron chi connectivity index (χ3n) is 19.3. The number of nitrogens with zero attached hydrogens (tertiary/aromatic N) is 3. The minimum atomic E-state index is -3.21. The highest BCUT2D eigenvalue weighted by atomic mass is 28.3. The Morgan fingerprint density at radius 2 is 0.578 bits per heavy atom. The lowest BCUT2D eigenvalue weighted by molar-refractivity contribution is 1.16. The number of hydrogen-bond donors (Lipinski definition) is 0.